The summed E-state index contributed by atoms with van der Waals surface area (Å²) in [5.74, 6) is -1.22. The molecule has 1 aromatic heterocycles. The van der Waals surface area contributed by atoms with E-state index < -0.39 is 5.97 Å². The molecule has 1 atom stereocenters. The molecule has 0 saturated carbocycles. The van der Waals surface area contributed by atoms with E-state index in [1.54, 1.807) is 6.92 Å². The molecule has 1 rings (SSSR count). The minimum atomic E-state index is -1.06. The summed E-state index contributed by atoms with van der Waals surface area (Å²) >= 11 is 1.21. The van der Waals surface area contributed by atoms with Crippen LogP contribution in [0, 0.1) is 0 Å². The maximum absolute atomic E-state index is 11.2. The van der Waals surface area contributed by atoms with E-state index >= 15 is 0 Å². The first-order valence-electron chi connectivity index (χ1n) is 4.63. The molecule has 0 fully saturated rings. The Hall–Kier alpha value is -1.69. The van der Waals surface area contributed by atoms with Gasteiger partial charge < -0.3 is 10.4 Å². The number of thiazole rings is 1. The van der Waals surface area contributed by atoms with Crippen molar-refractivity contribution >= 4 is 23.2 Å². The Morgan fingerprint density at radius 3 is 2.94 bits per heavy atom. The van der Waals surface area contributed by atoms with Crippen molar-refractivity contribution in [2.45, 2.75) is 19.4 Å². The first-order chi connectivity index (χ1) is 7.54. The van der Waals surface area contributed by atoms with E-state index in [0.717, 1.165) is 0 Å². The largest absolute Gasteiger partial charge is 0.476 e. The Balaban J connectivity index is 2.65. The standard InChI is InChI=1S/C10H12N2O3S/c1-3-4-8(13)11-6(2)9-12-7(5-16-9)10(14)15/h3,5-6H,1,4H2,2H3,(H,11,13)(H,14,15). The van der Waals surface area contributed by atoms with Gasteiger partial charge in [0, 0.05) is 11.8 Å². The number of carbonyl (C=O) groups excluding carboxylic acids is 1. The Morgan fingerprint density at radius 2 is 2.44 bits per heavy atom. The second kappa shape index (κ2) is 5.41. The molecule has 0 radical (unpaired) electrons. The predicted octanol–water partition coefficient (Wildman–Crippen LogP) is 1.59. The van der Waals surface area contributed by atoms with Crippen molar-refractivity contribution in [3.63, 3.8) is 0 Å². The van der Waals surface area contributed by atoms with Gasteiger partial charge in [0.1, 0.15) is 5.01 Å². The lowest BCUT2D eigenvalue weighted by molar-refractivity contribution is -0.120. The number of nitrogens with zero attached hydrogens (tertiary/aromatic N) is 1. The minimum Gasteiger partial charge on any atom is -0.476 e. The van der Waals surface area contributed by atoms with Crippen molar-refractivity contribution in [3.05, 3.63) is 28.7 Å². The fourth-order valence-corrected chi connectivity index (χ4v) is 1.88. The summed E-state index contributed by atoms with van der Waals surface area (Å²) in [6, 6.07) is -0.287. The van der Waals surface area contributed by atoms with Crippen LogP contribution in [-0.4, -0.2) is 22.0 Å². The van der Waals surface area contributed by atoms with Crippen LogP contribution in [0.2, 0.25) is 0 Å². The molecule has 0 aromatic carbocycles. The van der Waals surface area contributed by atoms with Crippen LogP contribution in [0.1, 0.15) is 34.9 Å². The number of carbonyl (C=O) groups is 2. The SMILES string of the molecule is C=CCC(=O)NC(C)c1nc(C(=O)O)cs1. The molecular formula is C10H12N2O3S. The van der Waals surface area contributed by atoms with Gasteiger partial charge >= 0.3 is 5.97 Å². The highest BCUT2D eigenvalue weighted by Crippen LogP contribution is 2.17. The Labute approximate surface area is 96.8 Å². The highest BCUT2D eigenvalue weighted by atomic mass is 32.1. The molecule has 0 aliphatic heterocycles. The van der Waals surface area contributed by atoms with Crippen molar-refractivity contribution in [1.82, 2.24) is 10.3 Å². The maximum atomic E-state index is 11.2. The van der Waals surface area contributed by atoms with Gasteiger partial charge in [-0.05, 0) is 6.92 Å². The molecule has 0 saturated heterocycles. The molecule has 5 nitrogen and oxygen atoms in total. The zero-order valence-corrected chi connectivity index (χ0v) is 9.58. The average molecular weight is 240 g/mol. The number of carboxylic acid groups (broad SMARTS) is 1. The molecule has 0 spiro atoms. The summed E-state index contributed by atoms with van der Waals surface area (Å²) < 4.78 is 0. The van der Waals surface area contributed by atoms with Crippen molar-refractivity contribution < 1.29 is 14.7 Å². The van der Waals surface area contributed by atoms with Crippen molar-refractivity contribution in [3.8, 4) is 0 Å². The Kier molecular flexibility index (Phi) is 4.19. The normalized spacial score (nSPS) is 11.8. The monoisotopic (exact) mass is 240 g/mol. The molecule has 1 amide bonds. The molecule has 1 unspecified atom stereocenters. The molecule has 0 bridgehead atoms. The smallest absolute Gasteiger partial charge is 0.355 e. The molecule has 0 aliphatic rings. The third-order valence-electron chi connectivity index (χ3n) is 1.82. The second-order valence-corrected chi connectivity index (χ2v) is 4.05. The maximum Gasteiger partial charge on any atom is 0.355 e. The molecule has 86 valence electrons. The lowest BCUT2D eigenvalue weighted by Crippen LogP contribution is -2.25. The number of nitrogens with one attached hydrogen (secondary N) is 1. The zero-order valence-electron chi connectivity index (χ0n) is 8.77. The number of amides is 1. The van der Waals surface area contributed by atoms with Crippen LogP contribution in [0.3, 0.4) is 0 Å². The lowest BCUT2D eigenvalue weighted by atomic mass is 10.3. The van der Waals surface area contributed by atoms with Crippen LogP contribution in [0.4, 0.5) is 0 Å². The first kappa shape index (κ1) is 12.4. The average Bonchev–Trinajstić information content (AvgIpc) is 2.66. The molecule has 6 heteroatoms. The number of aromatic nitrogens is 1. The van der Waals surface area contributed by atoms with Gasteiger partial charge in [-0.15, -0.1) is 17.9 Å². The summed E-state index contributed by atoms with van der Waals surface area (Å²) in [5, 5.41) is 13.4. The summed E-state index contributed by atoms with van der Waals surface area (Å²) in [6.45, 7) is 5.21. The Morgan fingerprint density at radius 1 is 1.75 bits per heavy atom. The molecule has 2 N–H and O–H groups in total. The summed E-state index contributed by atoms with van der Waals surface area (Å²) in [5.41, 5.74) is 0.00446. The zero-order chi connectivity index (χ0) is 12.1. The van der Waals surface area contributed by atoms with Crippen molar-refractivity contribution in [2.24, 2.45) is 0 Å². The third kappa shape index (κ3) is 3.16. The fourth-order valence-electron chi connectivity index (χ4n) is 1.08. The van der Waals surface area contributed by atoms with Crippen LogP contribution < -0.4 is 5.32 Å². The molecule has 16 heavy (non-hydrogen) atoms. The van der Waals surface area contributed by atoms with Crippen LogP contribution in [0.15, 0.2) is 18.0 Å². The van der Waals surface area contributed by atoms with E-state index in [2.05, 4.69) is 16.9 Å². The lowest BCUT2D eigenvalue weighted by Gasteiger charge is -2.09. The van der Waals surface area contributed by atoms with Crippen LogP contribution in [0.25, 0.3) is 0 Å². The highest BCUT2D eigenvalue weighted by molar-refractivity contribution is 7.09. The topological polar surface area (TPSA) is 79.3 Å². The molecule has 1 heterocycles. The van der Waals surface area contributed by atoms with Gasteiger partial charge in [-0.3, -0.25) is 4.79 Å². The number of hydrogen-bond donors (Lipinski definition) is 2. The van der Waals surface area contributed by atoms with Crippen LogP contribution in [0.5, 0.6) is 0 Å². The summed E-state index contributed by atoms with van der Waals surface area (Å²) in [7, 11) is 0. The van der Waals surface area contributed by atoms with Crippen molar-refractivity contribution in [1.29, 1.82) is 0 Å². The van der Waals surface area contributed by atoms with Crippen LogP contribution >= 0.6 is 11.3 Å². The van der Waals surface area contributed by atoms with Crippen LogP contribution in [-0.2, 0) is 4.79 Å². The number of rotatable bonds is 5. The highest BCUT2D eigenvalue weighted by Gasteiger charge is 2.15. The van der Waals surface area contributed by atoms with E-state index in [4.69, 9.17) is 5.11 Å². The van der Waals surface area contributed by atoms with Gasteiger partial charge in [0.2, 0.25) is 5.91 Å². The van der Waals surface area contributed by atoms with Gasteiger partial charge in [0.15, 0.2) is 5.69 Å². The number of hydrogen-bond acceptors (Lipinski definition) is 4. The van der Waals surface area contributed by atoms with Gasteiger partial charge in [0.05, 0.1) is 6.04 Å². The van der Waals surface area contributed by atoms with Gasteiger partial charge in [-0.25, -0.2) is 9.78 Å². The number of aromatic carboxylic acids is 1. The van der Waals surface area contributed by atoms with Gasteiger partial charge in [-0.2, -0.15) is 0 Å². The fraction of sp³-hybridized carbons (Fsp3) is 0.300. The molecular weight excluding hydrogens is 228 g/mol. The van der Waals surface area contributed by atoms with E-state index in [0.29, 0.717) is 5.01 Å². The Bertz CT molecular complexity index is 414. The first-order valence-corrected chi connectivity index (χ1v) is 5.51. The second-order valence-electron chi connectivity index (χ2n) is 3.16. The predicted molar refractivity (Wildman–Crippen MR) is 60.4 cm³/mol. The van der Waals surface area contributed by atoms with E-state index in [1.807, 2.05) is 0 Å². The quantitative estimate of drug-likeness (QED) is 0.766. The van der Waals surface area contributed by atoms with Gasteiger partial charge in [-0.1, -0.05) is 6.08 Å². The van der Waals surface area contributed by atoms with Gasteiger partial charge in [0.25, 0.3) is 0 Å². The van der Waals surface area contributed by atoms with E-state index in [9.17, 15) is 9.59 Å². The van der Waals surface area contributed by atoms with Crippen molar-refractivity contribution in [2.75, 3.05) is 0 Å². The minimum absolute atomic E-state index is 0.00446. The number of carboxylic acids is 1. The van der Waals surface area contributed by atoms with E-state index in [-0.39, 0.29) is 24.1 Å². The van der Waals surface area contributed by atoms with E-state index in [1.165, 1.54) is 22.8 Å². The molecule has 0 aliphatic carbocycles. The molecule has 1 aromatic rings. The summed E-state index contributed by atoms with van der Waals surface area (Å²) in [6.07, 6.45) is 1.74. The summed E-state index contributed by atoms with van der Waals surface area (Å²) in [4.78, 5) is 25.8. The third-order valence-corrected chi connectivity index (χ3v) is 2.85.